The molecule has 8 heteroatoms. The fraction of sp³-hybridized carbons (Fsp3) is 0.750. The van der Waals surface area contributed by atoms with Crippen molar-refractivity contribution < 1.29 is 5.11 Å². The molecule has 0 radical (unpaired) electrons. The lowest BCUT2D eigenvalue weighted by atomic mass is 10.1. The highest BCUT2D eigenvalue weighted by Crippen LogP contribution is 2.22. The second kappa shape index (κ2) is 6.67. The van der Waals surface area contributed by atoms with E-state index in [-0.39, 0.29) is 12.5 Å². The van der Waals surface area contributed by atoms with Crippen molar-refractivity contribution in [3.8, 4) is 0 Å². The molecule has 1 aliphatic heterocycles. The topological polar surface area (TPSA) is 103 Å². The van der Waals surface area contributed by atoms with E-state index in [2.05, 4.69) is 39.1 Å². The molecular formula is C12H23N7O. The second-order valence-electron chi connectivity index (χ2n) is 4.86. The SMILES string of the molecule is CCN(CC)c1nc(NN)nc(N2CCC(CO)C2)n1. The maximum atomic E-state index is 9.23. The summed E-state index contributed by atoms with van der Waals surface area (Å²) < 4.78 is 0. The van der Waals surface area contributed by atoms with Crippen LogP contribution in [-0.4, -0.2) is 52.8 Å². The molecule has 2 heterocycles. The molecule has 0 bridgehead atoms. The summed E-state index contributed by atoms with van der Waals surface area (Å²) in [6, 6.07) is 0. The summed E-state index contributed by atoms with van der Waals surface area (Å²) in [5.74, 6) is 7.34. The minimum atomic E-state index is 0.201. The molecule has 1 aromatic rings. The van der Waals surface area contributed by atoms with Crippen LogP contribution in [0.3, 0.4) is 0 Å². The van der Waals surface area contributed by atoms with Gasteiger partial charge < -0.3 is 14.9 Å². The molecule has 1 saturated heterocycles. The van der Waals surface area contributed by atoms with Crippen LogP contribution < -0.4 is 21.1 Å². The molecule has 1 aliphatic rings. The number of nitrogen functional groups attached to an aromatic ring is 1. The van der Waals surface area contributed by atoms with E-state index in [9.17, 15) is 5.11 Å². The maximum Gasteiger partial charge on any atom is 0.243 e. The molecule has 20 heavy (non-hydrogen) atoms. The van der Waals surface area contributed by atoms with Crippen molar-refractivity contribution in [2.75, 3.05) is 48.0 Å². The highest BCUT2D eigenvalue weighted by atomic mass is 16.3. The Balaban J connectivity index is 2.26. The number of nitrogens with zero attached hydrogens (tertiary/aromatic N) is 5. The third-order valence-electron chi connectivity index (χ3n) is 3.61. The van der Waals surface area contributed by atoms with Gasteiger partial charge in [0, 0.05) is 38.7 Å². The number of aliphatic hydroxyl groups is 1. The minimum Gasteiger partial charge on any atom is -0.396 e. The third-order valence-corrected chi connectivity index (χ3v) is 3.61. The number of hydrogen-bond acceptors (Lipinski definition) is 8. The summed E-state index contributed by atoms with van der Waals surface area (Å²) >= 11 is 0. The van der Waals surface area contributed by atoms with Crippen LogP contribution in [0.1, 0.15) is 20.3 Å². The molecule has 0 aromatic carbocycles. The van der Waals surface area contributed by atoms with Crippen LogP contribution in [0.25, 0.3) is 0 Å². The molecule has 8 nitrogen and oxygen atoms in total. The number of rotatable bonds is 6. The van der Waals surface area contributed by atoms with Crippen molar-refractivity contribution in [3.05, 3.63) is 0 Å². The molecule has 112 valence electrons. The summed E-state index contributed by atoms with van der Waals surface area (Å²) in [5.41, 5.74) is 2.49. The zero-order chi connectivity index (χ0) is 14.5. The van der Waals surface area contributed by atoms with Crippen LogP contribution in [0.4, 0.5) is 17.8 Å². The van der Waals surface area contributed by atoms with E-state index in [0.717, 1.165) is 32.6 Å². The Morgan fingerprint density at radius 1 is 1.35 bits per heavy atom. The van der Waals surface area contributed by atoms with Gasteiger partial charge in [-0.05, 0) is 20.3 Å². The molecule has 0 amide bonds. The number of aromatic nitrogens is 3. The average Bonchev–Trinajstić information content (AvgIpc) is 2.97. The summed E-state index contributed by atoms with van der Waals surface area (Å²) in [6.07, 6.45) is 0.953. The van der Waals surface area contributed by atoms with Crippen molar-refractivity contribution in [2.24, 2.45) is 11.8 Å². The standard InChI is InChI=1S/C12H23N7O/c1-3-18(4-2)11-14-10(17-13)15-12(16-11)19-6-5-9(7-19)8-20/h9,20H,3-8,13H2,1-2H3,(H,14,15,16,17). The van der Waals surface area contributed by atoms with Crippen molar-refractivity contribution >= 4 is 17.8 Å². The molecule has 0 aliphatic carbocycles. The number of hydrogen-bond donors (Lipinski definition) is 3. The van der Waals surface area contributed by atoms with E-state index in [0.29, 0.717) is 17.8 Å². The highest BCUT2D eigenvalue weighted by molar-refractivity contribution is 5.45. The zero-order valence-corrected chi connectivity index (χ0v) is 12.1. The summed E-state index contributed by atoms with van der Waals surface area (Å²) in [4.78, 5) is 17.2. The van der Waals surface area contributed by atoms with E-state index < -0.39 is 0 Å². The molecule has 1 aromatic heterocycles. The first-order valence-corrected chi connectivity index (χ1v) is 7.05. The van der Waals surface area contributed by atoms with E-state index in [4.69, 9.17) is 5.84 Å². The smallest absolute Gasteiger partial charge is 0.243 e. The van der Waals surface area contributed by atoms with Crippen LogP contribution >= 0.6 is 0 Å². The van der Waals surface area contributed by atoms with Crippen LogP contribution in [-0.2, 0) is 0 Å². The average molecular weight is 281 g/mol. The van der Waals surface area contributed by atoms with Crippen LogP contribution in [0.15, 0.2) is 0 Å². The van der Waals surface area contributed by atoms with Crippen molar-refractivity contribution in [2.45, 2.75) is 20.3 Å². The number of aliphatic hydroxyl groups excluding tert-OH is 1. The van der Waals surface area contributed by atoms with Gasteiger partial charge in [0.2, 0.25) is 17.8 Å². The lowest BCUT2D eigenvalue weighted by Gasteiger charge is -2.22. The second-order valence-corrected chi connectivity index (χ2v) is 4.86. The van der Waals surface area contributed by atoms with Gasteiger partial charge in [-0.3, -0.25) is 5.43 Å². The van der Waals surface area contributed by atoms with Crippen molar-refractivity contribution in [1.29, 1.82) is 0 Å². The number of nitrogens with one attached hydrogen (secondary N) is 1. The first kappa shape index (κ1) is 14.7. The van der Waals surface area contributed by atoms with E-state index in [1.165, 1.54) is 0 Å². The first-order chi connectivity index (χ1) is 9.71. The summed E-state index contributed by atoms with van der Waals surface area (Å²) in [5, 5.41) is 9.23. The Morgan fingerprint density at radius 3 is 2.65 bits per heavy atom. The van der Waals surface area contributed by atoms with Gasteiger partial charge in [-0.1, -0.05) is 0 Å². The highest BCUT2D eigenvalue weighted by Gasteiger charge is 2.25. The zero-order valence-electron chi connectivity index (χ0n) is 12.1. The van der Waals surface area contributed by atoms with E-state index in [1.807, 2.05) is 4.90 Å². The maximum absolute atomic E-state index is 9.23. The Bertz CT molecular complexity index is 438. The molecule has 0 saturated carbocycles. The molecule has 0 spiro atoms. The molecule has 2 rings (SSSR count). The predicted octanol–water partition coefficient (Wildman–Crippen LogP) is -0.178. The Morgan fingerprint density at radius 2 is 2.10 bits per heavy atom. The van der Waals surface area contributed by atoms with Gasteiger partial charge in [0.05, 0.1) is 0 Å². The number of nitrogens with two attached hydrogens (primary N) is 1. The molecule has 1 unspecified atom stereocenters. The van der Waals surface area contributed by atoms with Gasteiger partial charge in [0.1, 0.15) is 0 Å². The van der Waals surface area contributed by atoms with Crippen LogP contribution in [0, 0.1) is 5.92 Å². The normalized spacial score (nSPS) is 18.4. The Hall–Kier alpha value is -1.67. The largest absolute Gasteiger partial charge is 0.396 e. The molecule has 1 fully saturated rings. The Kier molecular flexibility index (Phi) is 4.91. The van der Waals surface area contributed by atoms with Crippen molar-refractivity contribution in [3.63, 3.8) is 0 Å². The quantitative estimate of drug-likeness (QED) is 0.487. The molecular weight excluding hydrogens is 258 g/mol. The summed E-state index contributed by atoms with van der Waals surface area (Å²) in [7, 11) is 0. The van der Waals surface area contributed by atoms with Crippen molar-refractivity contribution in [1.82, 2.24) is 15.0 Å². The Labute approximate surface area is 119 Å². The fourth-order valence-corrected chi connectivity index (χ4v) is 2.37. The third kappa shape index (κ3) is 3.07. The van der Waals surface area contributed by atoms with Gasteiger partial charge in [0.25, 0.3) is 0 Å². The monoisotopic (exact) mass is 281 g/mol. The molecule has 1 atom stereocenters. The van der Waals surface area contributed by atoms with Gasteiger partial charge in [-0.25, -0.2) is 5.84 Å². The summed E-state index contributed by atoms with van der Waals surface area (Å²) in [6.45, 7) is 7.57. The predicted molar refractivity (Wildman–Crippen MR) is 78.6 cm³/mol. The van der Waals surface area contributed by atoms with Gasteiger partial charge >= 0.3 is 0 Å². The molecule has 4 N–H and O–H groups in total. The lowest BCUT2D eigenvalue weighted by Crippen LogP contribution is -2.29. The van der Waals surface area contributed by atoms with E-state index in [1.54, 1.807) is 0 Å². The first-order valence-electron chi connectivity index (χ1n) is 7.05. The van der Waals surface area contributed by atoms with Crippen LogP contribution in [0.5, 0.6) is 0 Å². The van der Waals surface area contributed by atoms with Crippen LogP contribution in [0.2, 0.25) is 0 Å². The van der Waals surface area contributed by atoms with Gasteiger partial charge in [-0.15, -0.1) is 0 Å². The lowest BCUT2D eigenvalue weighted by molar-refractivity contribution is 0.238. The van der Waals surface area contributed by atoms with E-state index >= 15 is 0 Å². The number of hydrazine groups is 1. The minimum absolute atomic E-state index is 0.201. The van der Waals surface area contributed by atoms with Gasteiger partial charge in [0.15, 0.2) is 0 Å². The van der Waals surface area contributed by atoms with Gasteiger partial charge in [-0.2, -0.15) is 15.0 Å². The number of anilines is 3. The fourth-order valence-electron chi connectivity index (χ4n) is 2.37.